The molecule has 0 radical (unpaired) electrons. The van der Waals surface area contributed by atoms with Crippen LogP contribution < -0.4 is 5.32 Å². The Labute approximate surface area is 181 Å². The Balaban J connectivity index is 1.43. The highest BCUT2D eigenvalue weighted by atomic mass is 32.1. The standard InChI is InChI=1S/C24H28FN3OS/c1-16-7-8-18(11-21(16)25)12-23(29)27-24-19(13-26)20-15-28(10-9-22(20)30-24)14-17-5-3-2-4-6-17/h7-8,11,17H,2-6,9-10,12,14-15H2,1H3,(H,27,29). The lowest BCUT2D eigenvalue weighted by atomic mass is 9.88. The van der Waals surface area contributed by atoms with Crippen LogP contribution >= 0.6 is 11.3 Å². The smallest absolute Gasteiger partial charge is 0.229 e. The van der Waals surface area contributed by atoms with E-state index in [2.05, 4.69) is 16.3 Å². The Morgan fingerprint density at radius 3 is 2.87 bits per heavy atom. The fourth-order valence-electron chi connectivity index (χ4n) is 4.64. The third-order valence-electron chi connectivity index (χ3n) is 6.33. The molecule has 0 unspecified atom stereocenters. The van der Waals surface area contributed by atoms with Crippen LogP contribution in [0.5, 0.6) is 0 Å². The molecule has 1 fully saturated rings. The van der Waals surface area contributed by atoms with E-state index in [1.54, 1.807) is 19.1 Å². The molecule has 1 aliphatic heterocycles. The highest BCUT2D eigenvalue weighted by molar-refractivity contribution is 7.16. The summed E-state index contributed by atoms with van der Waals surface area (Å²) >= 11 is 1.52. The zero-order chi connectivity index (χ0) is 21.1. The Morgan fingerprint density at radius 2 is 2.13 bits per heavy atom. The third kappa shape index (κ3) is 4.74. The van der Waals surface area contributed by atoms with E-state index in [0.29, 0.717) is 21.7 Å². The number of anilines is 1. The van der Waals surface area contributed by atoms with E-state index in [-0.39, 0.29) is 18.1 Å². The number of aryl methyl sites for hydroxylation is 1. The molecule has 1 N–H and O–H groups in total. The van der Waals surface area contributed by atoms with Gasteiger partial charge >= 0.3 is 0 Å². The van der Waals surface area contributed by atoms with Gasteiger partial charge in [0.15, 0.2) is 0 Å². The molecular weight excluding hydrogens is 397 g/mol. The summed E-state index contributed by atoms with van der Waals surface area (Å²) in [5.74, 6) is 0.258. The van der Waals surface area contributed by atoms with Crippen molar-refractivity contribution in [2.75, 3.05) is 18.4 Å². The van der Waals surface area contributed by atoms with Crippen LogP contribution in [0, 0.1) is 30.0 Å². The van der Waals surface area contributed by atoms with Crippen molar-refractivity contribution < 1.29 is 9.18 Å². The van der Waals surface area contributed by atoms with Gasteiger partial charge < -0.3 is 5.32 Å². The zero-order valence-corrected chi connectivity index (χ0v) is 18.3. The topological polar surface area (TPSA) is 56.1 Å². The third-order valence-corrected chi connectivity index (χ3v) is 7.54. The summed E-state index contributed by atoms with van der Waals surface area (Å²) in [6, 6.07) is 7.18. The first-order valence-corrected chi connectivity index (χ1v) is 11.7. The van der Waals surface area contributed by atoms with Gasteiger partial charge in [-0.1, -0.05) is 31.4 Å². The number of carbonyl (C=O) groups excluding carboxylic acids is 1. The van der Waals surface area contributed by atoms with E-state index in [0.717, 1.165) is 37.5 Å². The van der Waals surface area contributed by atoms with Crippen LogP contribution in [-0.2, 0) is 24.2 Å². The van der Waals surface area contributed by atoms with Crippen molar-refractivity contribution in [3.05, 3.63) is 51.1 Å². The predicted molar refractivity (Wildman–Crippen MR) is 118 cm³/mol. The number of fused-ring (bicyclic) bond motifs is 1. The Kier molecular flexibility index (Phi) is 6.50. The Morgan fingerprint density at radius 1 is 1.33 bits per heavy atom. The first-order chi connectivity index (χ1) is 14.5. The van der Waals surface area contributed by atoms with Crippen LogP contribution in [0.1, 0.15) is 59.2 Å². The lowest BCUT2D eigenvalue weighted by molar-refractivity contribution is -0.115. The summed E-state index contributed by atoms with van der Waals surface area (Å²) < 4.78 is 13.8. The van der Waals surface area contributed by atoms with Crippen LogP contribution in [0.2, 0.25) is 0 Å². The molecule has 0 spiro atoms. The van der Waals surface area contributed by atoms with Crippen LogP contribution in [0.3, 0.4) is 0 Å². The van der Waals surface area contributed by atoms with Crippen LogP contribution in [-0.4, -0.2) is 23.9 Å². The maximum absolute atomic E-state index is 13.8. The van der Waals surface area contributed by atoms with Gasteiger partial charge in [0.25, 0.3) is 0 Å². The molecule has 1 amide bonds. The fraction of sp³-hybridized carbons (Fsp3) is 0.500. The average Bonchev–Trinajstić information content (AvgIpc) is 3.07. The van der Waals surface area contributed by atoms with Crippen molar-refractivity contribution in [2.45, 2.75) is 58.4 Å². The molecule has 0 bridgehead atoms. The summed E-state index contributed by atoms with van der Waals surface area (Å²) in [5, 5.41) is 13.3. The van der Waals surface area contributed by atoms with Gasteiger partial charge in [0.05, 0.1) is 12.0 Å². The molecule has 1 saturated carbocycles. The number of halogens is 1. The molecule has 2 aromatic rings. The van der Waals surface area contributed by atoms with E-state index < -0.39 is 0 Å². The van der Waals surface area contributed by atoms with Gasteiger partial charge in [-0.2, -0.15) is 5.26 Å². The van der Waals surface area contributed by atoms with Gasteiger partial charge in [-0.3, -0.25) is 9.69 Å². The second-order valence-corrected chi connectivity index (χ2v) is 9.72. The number of nitriles is 1. The number of nitrogens with one attached hydrogen (secondary N) is 1. The van der Waals surface area contributed by atoms with E-state index in [4.69, 9.17) is 0 Å². The number of amides is 1. The monoisotopic (exact) mass is 425 g/mol. The lowest BCUT2D eigenvalue weighted by Gasteiger charge is -2.32. The lowest BCUT2D eigenvalue weighted by Crippen LogP contribution is -2.34. The van der Waals surface area contributed by atoms with Crippen LogP contribution in [0.25, 0.3) is 0 Å². The average molecular weight is 426 g/mol. The van der Waals surface area contributed by atoms with Crippen molar-refractivity contribution in [1.82, 2.24) is 4.90 Å². The van der Waals surface area contributed by atoms with Crippen molar-refractivity contribution in [3.8, 4) is 6.07 Å². The van der Waals surface area contributed by atoms with Gasteiger partial charge in [0.1, 0.15) is 16.9 Å². The zero-order valence-electron chi connectivity index (χ0n) is 17.5. The van der Waals surface area contributed by atoms with Gasteiger partial charge in [-0.25, -0.2) is 4.39 Å². The Bertz CT molecular complexity index is 972. The van der Waals surface area contributed by atoms with Crippen LogP contribution in [0.15, 0.2) is 18.2 Å². The van der Waals surface area contributed by atoms with Gasteiger partial charge in [0.2, 0.25) is 5.91 Å². The van der Waals surface area contributed by atoms with Gasteiger partial charge in [-0.15, -0.1) is 11.3 Å². The molecule has 2 aliphatic rings. The predicted octanol–water partition coefficient (Wildman–Crippen LogP) is 5.19. The first-order valence-electron chi connectivity index (χ1n) is 10.9. The summed E-state index contributed by atoms with van der Waals surface area (Å²) in [6.45, 7) is 4.63. The number of benzene rings is 1. The molecule has 4 nitrogen and oxygen atoms in total. The first kappa shape index (κ1) is 21.0. The van der Waals surface area contributed by atoms with Crippen molar-refractivity contribution >= 4 is 22.2 Å². The maximum Gasteiger partial charge on any atom is 0.229 e. The molecule has 1 aromatic carbocycles. The molecule has 2 heterocycles. The Hall–Kier alpha value is -2.23. The number of thiophene rings is 1. The number of carbonyl (C=O) groups is 1. The molecule has 6 heteroatoms. The van der Waals surface area contributed by atoms with Crippen molar-refractivity contribution in [2.24, 2.45) is 5.92 Å². The molecular formula is C24H28FN3OS. The quantitative estimate of drug-likeness (QED) is 0.717. The minimum Gasteiger partial charge on any atom is -0.316 e. The van der Waals surface area contributed by atoms with Crippen LogP contribution in [0.4, 0.5) is 9.39 Å². The van der Waals surface area contributed by atoms with E-state index in [9.17, 15) is 14.4 Å². The van der Waals surface area contributed by atoms with Crippen molar-refractivity contribution in [1.29, 1.82) is 5.26 Å². The second-order valence-electron chi connectivity index (χ2n) is 8.62. The van der Waals surface area contributed by atoms with E-state index >= 15 is 0 Å². The molecule has 0 atom stereocenters. The minimum absolute atomic E-state index is 0.0957. The van der Waals surface area contributed by atoms with E-state index in [1.807, 2.05) is 0 Å². The summed E-state index contributed by atoms with van der Waals surface area (Å²) in [6.07, 6.45) is 7.71. The summed E-state index contributed by atoms with van der Waals surface area (Å²) in [4.78, 5) is 16.2. The molecule has 1 aromatic heterocycles. The normalized spacial score (nSPS) is 17.4. The number of hydrogen-bond acceptors (Lipinski definition) is 4. The largest absolute Gasteiger partial charge is 0.316 e. The van der Waals surface area contributed by atoms with Gasteiger partial charge in [0, 0.05) is 30.1 Å². The molecule has 158 valence electrons. The second kappa shape index (κ2) is 9.28. The highest BCUT2D eigenvalue weighted by Crippen LogP contribution is 2.37. The summed E-state index contributed by atoms with van der Waals surface area (Å²) in [7, 11) is 0. The number of nitrogens with zero attached hydrogens (tertiary/aromatic N) is 2. The SMILES string of the molecule is Cc1ccc(CC(=O)Nc2sc3c(c2C#N)CN(CC2CCCCC2)CC3)cc1F. The number of hydrogen-bond donors (Lipinski definition) is 1. The molecule has 0 saturated heterocycles. The summed E-state index contributed by atoms with van der Waals surface area (Å²) in [5.41, 5.74) is 2.89. The molecule has 4 rings (SSSR count). The molecule has 30 heavy (non-hydrogen) atoms. The maximum atomic E-state index is 13.8. The number of rotatable bonds is 5. The van der Waals surface area contributed by atoms with Crippen molar-refractivity contribution in [3.63, 3.8) is 0 Å². The fourth-order valence-corrected chi connectivity index (χ4v) is 5.81. The van der Waals surface area contributed by atoms with E-state index in [1.165, 1.54) is 54.4 Å². The van der Waals surface area contributed by atoms with Gasteiger partial charge in [-0.05, 0) is 49.3 Å². The molecule has 1 aliphatic carbocycles. The highest BCUT2D eigenvalue weighted by Gasteiger charge is 2.27. The minimum atomic E-state index is -0.303.